The number of likely N-dealkylation sites (tertiary alicyclic amines) is 1. The van der Waals surface area contributed by atoms with Crippen LogP contribution in [0.4, 0.5) is 0 Å². The van der Waals surface area contributed by atoms with Crippen LogP contribution in [0.1, 0.15) is 38.5 Å². The Kier molecular flexibility index (Phi) is 4.97. The van der Waals surface area contributed by atoms with Crippen molar-refractivity contribution in [1.29, 1.82) is 0 Å². The van der Waals surface area contributed by atoms with Gasteiger partial charge in [0.2, 0.25) is 0 Å². The molecule has 1 saturated carbocycles. The molecule has 0 aromatic heterocycles. The first-order valence-electron chi connectivity index (χ1n) is 8.48. The van der Waals surface area contributed by atoms with Crippen LogP contribution in [0.5, 0.6) is 0 Å². The van der Waals surface area contributed by atoms with Crippen LogP contribution in [0.2, 0.25) is 0 Å². The predicted molar refractivity (Wildman–Crippen MR) is 82.1 cm³/mol. The average molecular weight is 281 g/mol. The second kappa shape index (κ2) is 6.73. The molecule has 3 fully saturated rings. The lowest BCUT2D eigenvalue weighted by molar-refractivity contribution is 0.0148. The number of nitrogens with one attached hydrogen (secondary N) is 1. The van der Waals surface area contributed by atoms with Crippen LogP contribution in [0, 0.1) is 0 Å². The fourth-order valence-electron chi connectivity index (χ4n) is 3.56. The van der Waals surface area contributed by atoms with Crippen molar-refractivity contribution in [3.05, 3.63) is 0 Å². The van der Waals surface area contributed by atoms with Crippen LogP contribution in [0.15, 0.2) is 0 Å². The molecule has 0 aromatic carbocycles. The van der Waals surface area contributed by atoms with Gasteiger partial charge in [-0.05, 0) is 65.7 Å². The Hall–Kier alpha value is -0.160. The van der Waals surface area contributed by atoms with E-state index in [0.29, 0.717) is 12.2 Å². The molecule has 2 aliphatic heterocycles. The maximum Gasteiger partial charge on any atom is 0.0707 e. The molecule has 1 N–H and O–H groups in total. The maximum atomic E-state index is 6.20. The van der Waals surface area contributed by atoms with E-state index in [9.17, 15) is 0 Å². The molecule has 2 heterocycles. The van der Waals surface area contributed by atoms with Crippen LogP contribution >= 0.6 is 0 Å². The summed E-state index contributed by atoms with van der Waals surface area (Å²) in [7, 11) is 4.41. The van der Waals surface area contributed by atoms with Crippen molar-refractivity contribution in [2.75, 3.05) is 40.3 Å². The third-order valence-electron chi connectivity index (χ3n) is 5.16. The van der Waals surface area contributed by atoms with E-state index in [2.05, 4.69) is 29.2 Å². The van der Waals surface area contributed by atoms with Crippen LogP contribution in [0.25, 0.3) is 0 Å². The van der Waals surface area contributed by atoms with Crippen molar-refractivity contribution < 1.29 is 4.74 Å². The molecule has 0 radical (unpaired) electrons. The van der Waals surface area contributed by atoms with Gasteiger partial charge in [0.25, 0.3) is 0 Å². The molecule has 116 valence electrons. The normalized spacial score (nSPS) is 33.1. The van der Waals surface area contributed by atoms with E-state index in [4.69, 9.17) is 4.74 Å². The number of hydrogen-bond acceptors (Lipinski definition) is 4. The molecule has 2 unspecified atom stereocenters. The number of piperidine rings is 1. The molecule has 0 bridgehead atoms. The number of nitrogens with zero attached hydrogens (tertiary/aromatic N) is 2. The zero-order valence-corrected chi connectivity index (χ0v) is 13.2. The minimum atomic E-state index is 0.472. The van der Waals surface area contributed by atoms with E-state index < -0.39 is 0 Å². The van der Waals surface area contributed by atoms with Crippen LogP contribution in [-0.4, -0.2) is 74.4 Å². The summed E-state index contributed by atoms with van der Waals surface area (Å²) in [6.07, 6.45) is 8.83. The first-order chi connectivity index (χ1) is 9.70. The van der Waals surface area contributed by atoms with Gasteiger partial charge >= 0.3 is 0 Å². The Morgan fingerprint density at radius 2 is 1.70 bits per heavy atom. The molecule has 0 amide bonds. The Morgan fingerprint density at radius 3 is 2.35 bits per heavy atom. The minimum Gasteiger partial charge on any atom is -0.372 e. The average Bonchev–Trinajstić information content (AvgIpc) is 3.17. The summed E-state index contributed by atoms with van der Waals surface area (Å²) in [6, 6.07) is 1.59. The lowest BCUT2D eigenvalue weighted by atomic mass is 10.0. The van der Waals surface area contributed by atoms with E-state index in [0.717, 1.165) is 25.2 Å². The first kappa shape index (κ1) is 14.8. The second-order valence-corrected chi connectivity index (χ2v) is 7.14. The highest BCUT2D eigenvalue weighted by molar-refractivity contribution is 4.85. The number of rotatable bonds is 6. The quantitative estimate of drug-likeness (QED) is 0.794. The van der Waals surface area contributed by atoms with Crippen LogP contribution in [0.3, 0.4) is 0 Å². The molecule has 2 atom stereocenters. The van der Waals surface area contributed by atoms with Gasteiger partial charge in [-0.15, -0.1) is 0 Å². The van der Waals surface area contributed by atoms with Gasteiger partial charge in [-0.1, -0.05) is 0 Å². The van der Waals surface area contributed by atoms with E-state index in [-0.39, 0.29) is 0 Å². The van der Waals surface area contributed by atoms with Gasteiger partial charge in [0.05, 0.1) is 12.2 Å². The monoisotopic (exact) mass is 281 g/mol. The molecular formula is C16H31N3O. The van der Waals surface area contributed by atoms with E-state index in [1.807, 2.05) is 0 Å². The fraction of sp³-hybridized carbons (Fsp3) is 1.00. The largest absolute Gasteiger partial charge is 0.372 e. The summed E-state index contributed by atoms with van der Waals surface area (Å²) in [5.41, 5.74) is 0. The highest BCUT2D eigenvalue weighted by Gasteiger charge is 2.30. The summed E-state index contributed by atoms with van der Waals surface area (Å²) < 4.78 is 6.20. The fourth-order valence-corrected chi connectivity index (χ4v) is 3.56. The molecular weight excluding hydrogens is 250 g/mol. The minimum absolute atomic E-state index is 0.472. The molecule has 20 heavy (non-hydrogen) atoms. The second-order valence-electron chi connectivity index (χ2n) is 7.14. The molecule has 0 aromatic rings. The Bertz CT molecular complexity index is 298. The van der Waals surface area contributed by atoms with Gasteiger partial charge < -0.3 is 19.9 Å². The molecule has 1 aliphatic carbocycles. The summed E-state index contributed by atoms with van der Waals surface area (Å²) >= 11 is 0. The van der Waals surface area contributed by atoms with Crippen LogP contribution in [-0.2, 0) is 4.74 Å². The van der Waals surface area contributed by atoms with E-state index in [1.165, 1.54) is 51.6 Å². The van der Waals surface area contributed by atoms with Crippen molar-refractivity contribution in [2.45, 2.75) is 62.8 Å². The van der Waals surface area contributed by atoms with E-state index >= 15 is 0 Å². The zero-order chi connectivity index (χ0) is 13.9. The standard InChI is InChI=1S/C16H31N3O/c1-18(2)14-7-9-19(10-8-14)12-16-6-5-15(20-16)11-17-13-3-4-13/h13-17H,3-12H2,1-2H3. The summed E-state index contributed by atoms with van der Waals surface area (Å²) in [6.45, 7) is 4.71. The molecule has 4 nitrogen and oxygen atoms in total. The number of ether oxygens (including phenoxy) is 1. The van der Waals surface area contributed by atoms with Crippen molar-refractivity contribution in [3.8, 4) is 0 Å². The molecule has 3 rings (SSSR count). The number of hydrogen-bond donors (Lipinski definition) is 1. The lowest BCUT2D eigenvalue weighted by Gasteiger charge is -2.36. The maximum absolute atomic E-state index is 6.20. The Morgan fingerprint density at radius 1 is 1.00 bits per heavy atom. The summed E-state index contributed by atoms with van der Waals surface area (Å²) in [5, 5.41) is 3.60. The zero-order valence-electron chi connectivity index (χ0n) is 13.2. The predicted octanol–water partition coefficient (Wildman–Crippen LogP) is 1.31. The van der Waals surface area contributed by atoms with Crippen molar-refractivity contribution >= 4 is 0 Å². The van der Waals surface area contributed by atoms with Gasteiger partial charge in [0, 0.05) is 25.2 Å². The highest BCUT2D eigenvalue weighted by atomic mass is 16.5. The highest BCUT2D eigenvalue weighted by Crippen LogP contribution is 2.24. The topological polar surface area (TPSA) is 27.7 Å². The first-order valence-corrected chi connectivity index (χ1v) is 8.48. The third-order valence-corrected chi connectivity index (χ3v) is 5.16. The van der Waals surface area contributed by atoms with Gasteiger partial charge in [0.1, 0.15) is 0 Å². The SMILES string of the molecule is CN(C)C1CCN(CC2CCC(CNC3CC3)O2)CC1. The smallest absolute Gasteiger partial charge is 0.0707 e. The van der Waals surface area contributed by atoms with Crippen molar-refractivity contribution in [2.24, 2.45) is 0 Å². The summed E-state index contributed by atoms with van der Waals surface area (Å²) in [4.78, 5) is 4.99. The van der Waals surface area contributed by atoms with Crippen molar-refractivity contribution in [3.63, 3.8) is 0 Å². The summed E-state index contributed by atoms with van der Waals surface area (Å²) in [5.74, 6) is 0. The van der Waals surface area contributed by atoms with Crippen LogP contribution < -0.4 is 5.32 Å². The third kappa shape index (κ3) is 4.17. The van der Waals surface area contributed by atoms with Crippen molar-refractivity contribution in [1.82, 2.24) is 15.1 Å². The van der Waals surface area contributed by atoms with E-state index in [1.54, 1.807) is 0 Å². The van der Waals surface area contributed by atoms with Gasteiger partial charge in [0.15, 0.2) is 0 Å². The van der Waals surface area contributed by atoms with Gasteiger partial charge in [-0.25, -0.2) is 0 Å². The molecule has 2 saturated heterocycles. The van der Waals surface area contributed by atoms with Gasteiger partial charge in [-0.3, -0.25) is 0 Å². The van der Waals surface area contributed by atoms with Gasteiger partial charge in [-0.2, -0.15) is 0 Å². The Labute approximate surface area is 123 Å². The molecule has 0 spiro atoms. The Balaban J connectivity index is 1.32. The lowest BCUT2D eigenvalue weighted by Crippen LogP contribution is -2.44. The molecule has 3 aliphatic rings. The molecule has 4 heteroatoms.